The first-order valence-corrected chi connectivity index (χ1v) is 5.24. The lowest BCUT2D eigenvalue weighted by molar-refractivity contribution is 0.285. The van der Waals surface area contributed by atoms with E-state index in [0.717, 1.165) is 6.54 Å². The topological polar surface area (TPSA) is 17.0 Å². The Bertz CT molecular complexity index is 281. The number of hydrogen-bond acceptors (Lipinski definition) is 1. The molecule has 2 heteroatoms. The molecule has 1 heterocycles. The zero-order valence-electron chi connectivity index (χ0n) is 9.96. The van der Waals surface area contributed by atoms with Gasteiger partial charge in [0.1, 0.15) is 0 Å². The van der Waals surface area contributed by atoms with Gasteiger partial charge >= 0.3 is 0 Å². The van der Waals surface area contributed by atoms with E-state index < -0.39 is 0 Å². The molecule has 0 saturated carbocycles. The van der Waals surface area contributed by atoms with Gasteiger partial charge in [-0.1, -0.05) is 20.8 Å². The second-order valence-corrected chi connectivity index (χ2v) is 5.15. The fourth-order valence-corrected chi connectivity index (χ4v) is 1.24. The van der Waals surface area contributed by atoms with E-state index in [2.05, 4.69) is 63.1 Å². The number of hydrogen-bond donors (Lipinski definition) is 1. The number of rotatable bonds is 3. The Balaban J connectivity index is 2.41. The SMILES string of the molecule is CC(NCc1ccn(C)c1)C(C)(C)C. The zero-order valence-corrected chi connectivity index (χ0v) is 9.96. The van der Waals surface area contributed by atoms with E-state index in [1.165, 1.54) is 5.56 Å². The van der Waals surface area contributed by atoms with Crippen LogP contribution in [0.2, 0.25) is 0 Å². The highest BCUT2D eigenvalue weighted by atomic mass is 14.9. The first-order chi connectivity index (χ1) is 6.39. The van der Waals surface area contributed by atoms with Gasteiger partial charge in [0.2, 0.25) is 0 Å². The van der Waals surface area contributed by atoms with E-state index in [1.54, 1.807) is 0 Å². The number of nitrogens with zero attached hydrogens (tertiary/aromatic N) is 1. The highest BCUT2D eigenvalue weighted by Crippen LogP contribution is 2.18. The average Bonchev–Trinajstić information content (AvgIpc) is 2.45. The maximum atomic E-state index is 3.54. The second kappa shape index (κ2) is 4.18. The predicted octanol–water partition coefficient (Wildman–Crippen LogP) is 2.55. The van der Waals surface area contributed by atoms with Gasteiger partial charge in [-0.3, -0.25) is 0 Å². The molecule has 1 N–H and O–H groups in total. The van der Waals surface area contributed by atoms with Crippen molar-refractivity contribution < 1.29 is 0 Å². The van der Waals surface area contributed by atoms with Crippen LogP contribution in [0, 0.1) is 5.41 Å². The molecule has 80 valence electrons. The fourth-order valence-electron chi connectivity index (χ4n) is 1.24. The lowest BCUT2D eigenvalue weighted by Gasteiger charge is -2.28. The molecule has 0 aliphatic carbocycles. The molecule has 1 aromatic heterocycles. The summed E-state index contributed by atoms with van der Waals surface area (Å²) in [7, 11) is 2.05. The monoisotopic (exact) mass is 194 g/mol. The molecule has 0 amide bonds. The Hall–Kier alpha value is -0.760. The smallest absolute Gasteiger partial charge is 0.0223 e. The quantitative estimate of drug-likeness (QED) is 0.782. The van der Waals surface area contributed by atoms with Crippen molar-refractivity contribution >= 4 is 0 Å². The molecule has 14 heavy (non-hydrogen) atoms. The highest BCUT2D eigenvalue weighted by Gasteiger charge is 2.18. The Morgan fingerprint density at radius 1 is 1.43 bits per heavy atom. The van der Waals surface area contributed by atoms with Crippen LogP contribution in [0.25, 0.3) is 0 Å². The first kappa shape index (κ1) is 11.3. The minimum Gasteiger partial charge on any atom is -0.357 e. The van der Waals surface area contributed by atoms with E-state index in [1.807, 2.05) is 0 Å². The molecule has 0 fully saturated rings. The molecule has 1 atom stereocenters. The Kier molecular flexibility index (Phi) is 3.38. The van der Waals surface area contributed by atoms with Crippen LogP contribution in [0.4, 0.5) is 0 Å². The number of aromatic nitrogens is 1. The van der Waals surface area contributed by atoms with Crippen LogP contribution in [0.15, 0.2) is 18.5 Å². The van der Waals surface area contributed by atoms with Gasteiger partial charge in [0.25, 0.3) is 0 Å². The Morgan fingerprint density at radius 2 is 2.07 bits per heavy atom. The maximum Gasteiger partial charge on any atom is 0.0223 e. The summed E-state index contributed by atoms with van der Waals surface area (Å²) in [6.07, 6.45) is 4.24. The summed E-state index contributed by atoms with van der Waals surface area (Å²) in [6, 6.07) is 2.69. The molecule has 1 aromatic rings. The molecule has 1 rings (SSSR count). The van der Waals surface area contributed by atoms with Gasteiger partial charge in [-0.25, -0.2) is 0 Å². The van der Waals surface area contributed by atoms with Crippen LogP contribution >= 0.6 is 0 Å². The van der Waals surface area contributed by atoms with Gasteiger partial charge in [0.05, 0.1) is 0 Å². The van der Waals surface area contributed by atoms with Crippen molar-refractivity contribution in [2.45, 2.75) is 40.3 Å². The lowest BCUT2D eigenvalue weighted by Crippen LogP contribution is -2.37. The first-order valence-electron chi connectivity index (χ1n) is 5.24. The third kappa shape index (κ3) is 3.18. The van der Waals surface area contributed by atoms with Gasteiger partial charge in [0, 0.05) is 32.0 Å². The van der Waals surface area contributed by atoms with Crippen LogP contribution < -0.4 is 5.32 Å². The molecular formula is C12H22N2. The van der Waals surface area contributed by atoms with Crippen molar-refractivity contribution in [2.75, 3.05) is 0 Å². The van der Waals surface area contributed by atoms with Gasteiger partial charge in [-0.15, -0.1) is 0 Å². The van der Waals surface area contributed by atoms with Crippen LogP contribution in [0.3, 0.4) is 0 Å². The van der Waals surface area contributed by atoms with E-state index in [4.69, 9.17) is 0 Å². The van der Waals surface area contributed by atoms with Gasteiger partial charge in [-0.2, -0.15) is 0 Å². The average molecular weight is 194 g/mol. The minimum atomic E-state index is 0.328. The van der Waals surface area contributed by atoms with E-state index in [0.29, 0.717) is 11.5 Å². The molecule has 0 aliphatic rings. The molecule has 1 unspecified atom stereocenters. The molecule has 0 spiro atoms. The molecule has 0 aliphatic heterocycles. The van der Waals surface area contributed by atoms with Crippen molar-refractivity contribution in [3.63, 3.8) is 0 Å². The summed E-state index contributed by atoms with van der Waals surface area (Å²) in [5.41, 5.74) is 1.68. The minimum absolute atomic E-state index is 0.328. The standard InChI is InChI=1S/C12H22N2/c1-10(12(2,3)4)13-8-11-6-7-14(5)9-11/h6-7,9-10,13H,8H2,1-5H3. The zero-order chi connectivity index (χ0) is 10.8. The van der Waals surface area contributed by atoms with Gasteiger partial charge < -0.3 is 9.88 Å². The van der Waals surface area contributed by atoms with Crippen LogP contribution in [-0.4, -0.2) is 10.6 Å². The normalized spacial score (nSPS) is 14.4. The molecule has 0 bridgehead atoms. The second-order valence-electron chi connectivity index (χ2n) is 5.15. The molecular weight excluding hydrogens is 172 g/mol. The summed E-state index contributed by atoms with van der Waals surface area (Å²) in [5, 5.41) is 3.54. The Morgan fingerprint density at radius 3 is 2.50 bits per heavy atom. The molecule has 0 saturated heterocycles. The van der Waals surface area contributed by atoms with Crippen LogP contribution in [0.5, 0.6) is 0 Å². The van der Waals surface area contributed by atoms with Crippen molar-refractivity contribution in [2.24, 2.45) is 12.5 Å². The largest absolute Gasteiger partial charge is 0.357 e. The van der Waals surface area contributed by atoms with Crippen LogP contribution in [0.1, 0.15) is 33.3 Å². The van der Waals surface area contributed by atoms with Crippen LogP contribution in [-0.2, 0) is 13.6 Å². The summed E-state index contributed by atoms with van der Waals surface area (Å²) >= 11 is 0. The fraction of sp³-hybridized carbons (Fsp3) is 0.667. The van der Waals surface area contributed by atoms with Crippen molar-refractivity contribution in [3.05, 3.63) is 24.0 Å². The number of nitrogens with one attached hydrogen (secondary N) is 1. The molecule has 2 nitrogen and oxygen atoms in total. The Labute approximate surface area is 87.3 Å². The van der Waals surface area contributed by atoms with Crippen molar-refractivity contribution in [3.8, 4) is 0 Å². The molecule has 0 radical (unpaired) electrons. The predicted molar refractivity (Wildman–Crippen MR) is 61.2 cm³/mol. The summed E-state index contributed by atoms with van der Waals surface area (Å²) < 4.78 is 2.08. The summed E-state index contributed by atoms with van der Waals surface area (Å²) in [4.78, 5) is 0. The highest BCUT2D eigenvalue weighted by molar-refractivity contribution is 5.09. The maximum absolute atomic E-state index is 3.54. The van der Waals surface area contributed by atoms with E-state index in [9.17, 15) is 0 Å². The summed E-state index contributed by atoms with van der Waals surface area (Å²) in [5.74, 6) is 0. The van der Waals surface area contributed by atoms with E-state index in [-0.39, 0.29) is 0 Å². The third-order valence-corrected chi connectivity index (χ3v) is 2.80. The van der Waals surface area contributed by atoms with Crippen molar-refractivity contribution in [1.29, 1.82) is 0 Å². The van der Waals surface area contributed by atoms with Gasteiger partial charge in [-0.05, 0) is 24.0 Å². The lowest BCUT2D eigenvalue weighted by atomic mass is 9.88. The van der Waals surface area contributed by atoms with Crippen molar-refractivity contribution in [1.82, 2.24) is 9.88 Å². The van der Waals surface area contributed by atoms with E-state index >= 15 is 0 Å². The van der Waals surface area contributed by atoms with Gasteiger partial charge in [0.15, 0.2) is 0 Å². The summed E-state index contributed by atoms with van der Waals surface area (Å²) in [6.45, 7) is 9.98. The third-order valence-electron chi connectivity index (χ3n) is 2.80. The number of aryl methyl sites for hydroxylation is 1. The molecule has 0 aromatic carbocycles.